The molecule has 0 fully saturated rings. The molecule has 2 heteroatoms. The average Bonchev–Trinajstić information content (AvgIpc) is 2.28. The predicted molar refractivity (Wildman–Crippen MR) is 69.1 cm³/mol. The third kappa shape index (κ3) is 5.17. The van der Waals surface area contributed by atoms with E-state index < -0.39 is 0 Å². The standard InChI is InChI=1S/C14H23NO/c1-4-5-12-16-14-8-6-13(7-9-14)10-11-15(2)3/h6-9H,4-5,10-12H2,1-3H3. The monoisotopic (exact) mass is 221 g/mol. The van der Waals surface area contributed by atoms with Crippen LogP contribution in [0.15, 0.2) is 24.3 Å². The van der Waals surface area contributed by atoms with E-state index in [1.165, 1.54) is 12.0 Å². The van der Waals surface area contributed by atoms with E-state index in [0.717, 1.165) is 31.7 Å². The molecule has 0 aliphatic carbocycles. The van der Waals surface area contributed by atoms with Gasteiger partial charge in [-0.2, -0.15) is 0 Å². The van der Waals surface area contributed by atoms with Gasteiger partial charge in [0.25, 0.3) is 0 Å². The lowest BCUT2D eigenvalue weighted by atomic mass is 10.1. The van der Waals surface area contributed by atoms with E-state index >= 15 is 0 Å². The van der Waals surface area contributed by atoms with Crippen molar-refractivity contribution in [1.82, 2.24) is 4.90 Å². The SMILES string of the molecule is CCCCOc1ccc(CCN(C)C)cc1. The van der Waals surface area contributed by atoms with Gasteiger partial charge in [-0.05, 0) is 44.6 Å². The van der Waals surface area contributed by atoms with Crippen molar-refractivity contribution in [2.75, 3.05) is 27.2 Å². The third-order valence-corrected chi connectivity index (χ3v) is 2.54. The number of unbranched alkanes of at least 4 members (excludes halogenated alkanes) is 1. The van der Waals surface area contributed by atoms with Gasteiger partial charge in [0, 0.05) is 6.54 Å². The van der Waals surface area contributed by atoms with Crippen LogP contribution >= 0.6 is 0 Å². The first-order chi connectivity index (χ1) is 7.72. The summed E-state index contributed by atoms with van der Waals surface area (Å²) in [6, 6.07) is 8.46. The highest BCUT2D eigenvalue weighted by molar-refractivity contribution is 5.27. The summed E-state index contributed by atoms with van der Waals surface area (Å²) in [6.45, 7) is 4.09. The fraction of sp³-hybridized carbons (Fsp3) is 0.571. The van der Waals surface area contributed by atoms with E-state index in [-0.39, 0.29) is 0 Å². The molecule has 0 aliphatic heterocycles. The molecule has 1 aromatic rings. The Kier molecular flexibility index (Phi) is 5.94. The lowest BCUT2D eigenvalue weighted by Crippen LogP contribution is -2.14. The Morgan fingerprint density at radius 2 is 1.81 bits per heavy atom. The van der Waals surface area contributed by atoms with Gasteiger partial charge in [0.05, 0.1) is 6.61 Å². The van der Waals surface area contributed by atoms with E-state index in [2.05, 4.69) is 50.2 Å². The number of benzene rings is 1. The molecule has 0 amide bonds. The molecule has 1 rings (SSSR count). The van der Waals surface area contributed by atoms with Gasteiger partial charge in [0.15, 0.2) is 0 Å². The second kappa shape index (κ2) is 7.29. The zero-order valence-corrected chi connectivity index (χ0v) is 10.7. The highest BCUT2D eigenvalue weighted by Crippen LogP contribution is 2.13. The lowest BCUT2D eigenvalue weighted by molar-refractivity contribution is 0.309. The molecule has 0 heterocycles. The Morgan fingerprint density at radius 3 is 2.38 bits per heavy atom. The molecule has 0 bridgehead atoms. The van der Waals surface area contributed by atoms with Gasteiger partial charge in [-0.1, -0.05) is 25.5 Å². The van der Waals surface area contributed by atoms with Crippen LogP contribution in [0.4, 0.5) is 0 Å². The lowest BCUT2D eigenvalue weighted by Gasteiger charge is -2.10. The minimum Gasteiger partial charge on any atom is -0.494 e. The zero-order chi connectivity index (χ0) is 11.8. The third-order valence-electron chi connectivity index (χ3n) is 2.54. The predicted octanol–water partition coefficient (Wildman–Crippen LogP) is 2.97. The largest absolute Gasteiger partial charge is 0.494 e. The Morgan fingerprint density at radius 1 is 1.12 bits per heavy atom. The van der Waals surface area contributed by atoms with Gasteiger partial charge in [-0.15, -0.1) is 0 Å². The molecule has 0 spiro atoms. The van der Waals surface area contributed by atoms with Crippen LogP contribution in [-0.2, 0) is 6.42 Å². The summed E-state index contributed by atoms with van der Waals surface area (Å²) in [5, 5.41) is 0. The van der Waals surface area contributed by atoms with Gasteiger partial charge in [0.2, 0.25) is 0 Å². The first-order valence-corrected chi connectivity index (χ1v) is 6.09. The van der Waals surface area contributed by atoms with Gasteiger partial charge in [0.1, 0.15) is 5.75 Å². The first kappa shape index (κ1) is 13.0. The fourth-order valence-corrected chi connectivity index (χ4v) is 1.44. The number of rotatable bonds is 7. The summed E-state index contributed by atoms with van der Waals surface area (Å²) in [5.74, 6) is 0.988. The summed E-state index contributed by atoms with van der Waals surface area (Å²) in [4.78, 5) is 2.20. The van der Waals surface area contributed by atoms with Crippen LogP contribution in [0, 0.1) is 0 Å². The van der Waals surface area contributed by atoms with Crippen LogP contribution in [0.1, 0.15) is 25.3 Å². The molecule has 0 saturated heterocycles. The van der Waals surface area contributed by atoms with Crippen LogP contribution in [0.25, 0.3) is 0 Å². The number of likely N-dealkylation sites (N-methyl/N-ethyl adjacent to an activating group) is 1. The van der Waals surface area contributed by atoms with Crippen molar-refractivity contribution in [3.05, 3.63) is 29.8 Å². The van der Waals surface area contributed by atoms with E-state index in [0.29, 0.717) is 0 Å². The minimum atomic E-state index is 0.827. The topological polar surface area (TPSA) is 12.5 Å². The van der Waals surface area contributed by atoms with E-state index in [4.69, 9.17) is 4.74 Å². The molecule has 0 unspecified atom stereocenters. The highest BCUT2D eigenvalue weighted by Gasteiger charge is 1.96. The molecule has 90 valence electrons. The Hall–Kier alpha value is -1.02. The molecule has 16 heavy (non-hydrogen) atoms. The van der Waals surface area contributed by atoms with E-state index in [1.54, 1.807) is 0 Å². The van der Waals surface area contributed by atoms with Crippen molar-refractivity contribution in [2.24, 2.45) is 0 Å². The molecule has 0 atom stereocenters. The molecule has 0 N–H and O–H groups in total. The summed E-state index contributed by atoms with van der Waals surface area (Å²) in [6.07, 6.45) is 3.41. The zero-order valence-electron chi connectivity index (χ0n) is 10.7. The van der Waals surface area contributed by atoms with E-state index in [9.17, 15) is 0 Å². The van der Waals surface area contributed by atoms with Gasteiger partial charge in [-0.3, -0.25) is 0 Å². The van der Waals surface area contributed by atoms with Crippen molar-refractivity contribution in [3.8, 4) is 5.75 Å². The van der Waals surface area contributed by atoms with Crippen LogP contribution in [0.3, 0.4) is 0 Å². The summed E-state index contributed by atoms with van der Waals surface area (Å²) in [7, 11) is 4.20. The molecule has 0 radical (unpaired) electrons. The molecular formula is C14H23NO. The molecule has 0 aliphatic rings. The van der Waals surface area contributed by atoms with Crippen molar-refractivity contribution >= 4 is 0 Å². The van der Waals surface area contributed by atoms with Crippen LogP contribution in [0.2, 0.25) is 0 Å². The Balaban J connectivity index is 2.35. The van der Waals surface area contributed by atoms with Gasteiger partial charge >= 0.3 is 0 Å². The van der Waals surface area contributed by atoms with Crippen LogP contribution < -0.4 is 4.74 Å². The fourth-order valence-electron chi connectivity index (χ4n) is 1.44. The van der Waals surface area contributed by atoms with Crippen LogP contribution in [-0.4, -0.2) is 32.1 Å². The van der Waals surface area contributed by atoms with Crippen molar-refractivity contribution in [1.29, 1.82) is 0 Å². The molecule has 0 aromatic heterocycles. The first-order valence-electron chi connectivity index (χ1n) is 6.09. The second-order valence-electron chi connectivity index (χ2n) is 4.40. The maximum Gasteiger partial charge on any atom is 0.119 e. The number of hydrogen-bond acceptors (Lipinski definition) is 2. The highest BCUT2D eigenvalue weighted by atomic mass is 16.5. The van der Waals surface area contributed by atoms with Gasteiger partial charge in [-0.25, -0.2) is 0 Å². The van der Waals surface area contributed by atoms with Crippen molar-refractivity contribution in [3.63, 3.8) is 0 Å². The average molecular weight is 221 g/mol. The maximum atomic E-state index is 5.62. The Labute approximate surface area is 99.2 Å². The molecule has 0 saturated carbocycles. The number of hydrogen-bond donors (Lipinski definition) is 0. The second-order valence-corrected chi connectivity index (χ2v) is 4.40. The normalized spacial score (nSPS) is 10.8. The minimum absolute atomic E-state index is 0.827. The van der Waals surface area contributed by atoms with Crippen molar-refractivity contribution in [2.45, 2.75) is 26.2 Å². The summed E-state index contributed by atoms with van der Waals surface area (Å²) < 4.78 is 5.62. The molecule has 2 nitrogen and oxygen atoms in total. The van der Waals surface area contributed by atoms with Gasteiger partial charge < -0.3 is 9.64 Å². The quantitative estimate of drug-likeness (QED) is 0.656. The van der Waals surface area contributed by atoms with Crippen molar-refractivity contribution < 1.29 is 4.74 Å². The van der Waals surface area contributed by atoms with E-state index in [1.807, 2.05) is 0 Å². The smallest absolute Gasteiger partial charge is 0.119 e. The molecule has 1 aromatic carbocycles. The summed E-state index contributed by atoms with van der Waals surface area (Å²) >= 11 is 0. The molecular weight excluding hydrogens is 198 g/mol. The van der Waals surface area contributed by atoms with Crippen LogP contribution in [0.5, 0.6) is 5.75 Å². The number of ether oxygens (including phenoxy) is 1. The maximum absolute atomic E-state index is 5.62. The summed E-state index contributed by atoms with van der Waals surface area (Å²) in [5.41, 5.74) is 1.37. The Bertz CT molecular complexity index is 279. The number of nitrogens with zero attached hydrogens (tertiary/aromatic N) is 1.